The van der Waals surface area contributed by atoms with E-state index in [2.05, 4.69) is 25.6 Å². The Labute approximate surface area is 146 Å². The number of anilines is 1. The van der Waals surface area contributed by atoms with Crippen LogP contribution in [0.2, 0.25) is 0 Å². The zero-order valence-corrected chi connectivity index (χ0v) is 14.0. The van der Waals surface area contributed by atoms with Crippen molar-refractivity contribution < 1.29 is 4.52 Å². The molecule has 0 bridgehead atoms. The fraction of sp³-hybridized carbons (Fsp3) is 0.316. The van der Waals surface area contributed by atoms with Gasteiger partial charge in [-0.3, -0.25) is 0 Å². The minimum Gasteiger partial charge on any atom is -0.359 e. The number of rotatable bonds is 5. The van der Waals surface area contributed by atoms with Crippen LogP contribution in [-0.2, 0) is 6.54 Å². The molecule has 1 N–H and O–H groups in total. The Morgan fingerprint density at radius 2 is 2.08 bits per heavy atom. The lowest BCUT2D eigenvalue weighted by Crippen LogP contribution is -2.45. The van der Waals surface area contributed by atoms with Gasteiger partial charge in [-0.2, -0.15) is 5.10 Å². The summed E-state index contributed by atoms with van der Waals surface area (Å²) in [5, 5.41) is 15.9. The van der Waals surface area contributed by atoms with Crippen molar-refractivity contribution in [1.82, 2.24) is 20.7 Å². The van der Waals surface area contributed by atoms with Crippen LogP contribution in [-0.4, -0.2) is 34.5 Å². The van der Waals surface area contributed by atoms with E-state index in [1.807, 2.05) is 48.5 Å². The van der Waals surface area contributed by atoms with Crippen LogP contribution in [0.25, 0.3) is 11.3 Å². The zero-order chi connectivity index (χ0) is 16.9. The lowest BCUT2D eigenvalue weighted by Gasteiger charge is -2.33. The molecule has 2 aromatic heterocycles. The van der Waals surface area contributed by atoms with Gasteiger partial charge in [-0.15, -0.1) is 5.10 Å². The predicted octanol–water partition coefficient (Wildman–Crippen LogP) is 2.89. The maximum Gasteiger partial charge on any atom is 0.151 e. The lowest BCUT2D eigenvalue weighted by molar-refractivity contribution is 0.350. The molecule has 1 aromatic carbocycles. The maximum atomic E-state index is 5.47. The number of benzene rings is 1. The molecule has 0 amide bonds. The standard InChI is InChI=1S/C19H21N5O/c1-2-6-15(7-3-1)18-12-17(25-23-18)13-20-16-8-5-11-24(14-16)19-9-4-10-21-22-19/h1-4,6-7,9-10,12,16,20H,5,8,11,13-14H2/t16-/m1/s1. The molecule has 6 nitrogen and oxygen atoms in total. The molecule has 3 heterocycles. The van der Waals surface area contributed by atoms with Gasteiger partial charge in [-0.05, 0) is 25.0 Å². The van der Waals surface area contributed by atoms with E-state index in [1.165, 1.54) is 0 Å². The van der Waals surface area contributed by atoms with Gasteiger partial charge in [0.2, 0.25) is 0 Å². The summed E-state index contributed by atoms with van der Waals surface area (Å²) in [6.45, 7) is 2.63. The molecule has 25 heavy (non-hydrogen) atoms. The fourth-order valence-electron chi connectivity index (χ4n) is 3.20. The summed E-state index contributed by atoms with van der Waals surface area (Å²) in [5.74, 6) is 1.80. The summed E-state index contributed by atoms with van der Waals surface area (Å²) in [7, 11) is 0. The first kappa shape index (κ1) is 15.8. The Bertz CT molecular complexity index is 790. The molecule has 1 atom stereocenters. The largest absolute Gasteiger partial charge is 0.359 e. The second-order valence-electron chi connectivity index (χ2n) is 6.29. The van der Waals surface area contributed by atoms with Gasteiger partial charge < -0.3 is 14.7 Å². The molecule has 0 saturated carbocycles. The molecule has 128 valence electrons. The van der Waals surface area contributed by atoms with Crippen molar-refractivity contribution in [2.24, 2.45) is 0 Å². The van der Waals surface area contributed by atoms with E-state index in [-0.39, 0.29) is 0 Å². The SMILES string of the molecule is c1ccc(-c2cc(CN[C@@H]3CCCN(c4cccnn4)C3)on2)cc1. The fourth-order valence-corrected chi connectivity index (χ4v) is 3.20. The maximum absolute atomic E-state index is 5.47. The number of piperidine rings is 1. The predicted molar refractivity (Wildman–Crippen MR) is 96.0 cm³/mol. The second-order valence-corrected chi connectivity index (χ2v) is 6.29. The number of aromatic nitrogens is 3. The van der Waals surface area contributed by atoms with Gasteiger partial charge >= 0.3 is 0 Å². The van der Waals surface area contributed by atoms with Crippen LogP contribution < -0.4 is 10.2 Å². The van der Waals surface area contributed by atoms with Gasteiger partial charge in [0, 0.05) is 37.0 Å². The van der Waals surface area contributed by atoms with Gasteiger partial charge in [0.25, 0.3) is 0 Å². The molecular weight excluding hydrogens is 314 g/mol. The van der Waals surface area contributed by atoms with Crippen molar-refractivity contribution in [1.29, 1.82) is 0 Å². The van der Waals surface area contributed by atoms with E-state index >= 15 is 0 Å². The molecule has 0 aliphatic carbocycles. The summed E-state index contributed by atoms with van der Waals surface area (Å²) < 4.78 is 5.47. The van der Waals surface area contributed by atoms with Gasteiger partial charge in [-0.1, -0.05) is 35.5 Å². The summed E-state index contributed by atoms with van der Waals surface area (Å²) in [6.07, 6.45) is 3.99. The normalized spacial score (nSPS) is 17.6. The third kappa shape index (κ3) is 3.85. The van der Waals surface area contributed by atoms with Crippen LogP contribution in [0.4, 0.5) is 5.82 Å². The third-order valence-electron chi connectivity index (χ3n) is 4.50. The molecule has 6 heteroatoms. The van der Waals surface area contributed by atoms with Crippen LogP contribution >= 0.6 is 0 Å². The number of hydrogen-bond donors (Lipinski definition) is 1. The highest BCUT2D eigenvalue weighted by Gasteiger charge is 2.21. The Morgan fingerprint density at radius 1 is 1.16 bits per heavy atom. The Balaban J connectivity index is 1.35. The number of nitrogens with zero attached hydrogens (tertiary/aromatic N) is 4. The summed E-state index contributed by atoms with van der Waals surface area (Å²) in [5.41, 5.74) is 1.95. The highest BCUT2D eigenvalue weighted by atomic mass is 16.5. The van der Waals surface area contributed by atoms with Gasteiger partial charge in [0.1, 0.15) is 5.69 Å². The highest BCUT2D eigenvalue weighted by molar-refractivity contribution is 5.58. The Kier molecular flexibility index (Phi) is 4.70. The third-order valence-corrected chi connectivity index (χ3v) is 4.50. The first-order valence-corrected chi connectivity index (χ1v) is 8.65. The monoisotopic (exact) mass is 335 g/mol. The molecule has 0 radical (unpaired) electrons. The van der Waals surface area contributed by atoms with E-state index in [9.17, 15) is 0 Å². The quantitative estimate of drug-likeness (QED) is 0.773. The van der Waals surface area contributed by atoms with Crippen molar-refractivity contribution in [3.8, 4) is 11.3 Å². The second kappa shape index (κ2) is 7.44. The average Bonchev–Trinajstić information content (AvgIpc) is 3.17. The van der Waals surface area contributed by atoms with Crippen LogP contribution in [0.5, 0.6) is 0 Å². The Hall–Kier alpha value is -2.73. The lowest BCUT2D eigenvalue weighted by atomic mass is 10.1. The average molecular weight is 335 g/mol. The van der Waals surface area contributed by atoms with Crippen LogP contribution in [0.15, 0.2) is 59.3 Å². The van der Waals surface area contributed by atoms with E-state index in [1.54, 1.807) is 6.20 Å². The highest BCUT2D eigenvalue weighted by Crippen LogP contribution is 2.20. The van der Waals surface area contributed by atoms with Crippen molar-refractivity contribution in [2.75, 3.05) is 18.0 Å². The van der Waals surface area contributed by atoms with E-state index < -0.39 is 0 Å². The van der Waals surface area contributed by atoms with Gasteiger partial charge in [-0.25, -0.2) is 0 Å². The van der Waals surface area contributed by atoms with Gasteiger partial charge in [0.05, 0.1) is 6.54 Å². The summed E-state index contributed by atoms with van der Waals surface area (Å²) in [4.78, 5) is 2.28. The first-order chi connectivity index (χ1) is 12.4. The molecule has 3 aromatic rings. The minimum atomic E-state index is 0.404. The van der Waals surface area contributed by atoms with Crippen LogP contribution in [0.1, 0.15) is 18.6 Å². The minimum absolute atomic E-state index is 0.404. The topological polar surface area (TPSA) is 67.1 Å². The first-order valence-electron chi connectivity index (χ1n) is 8.65. The van der Waals surface area contributed by atoms with E-state index in [0.717, 1.165) is 48.8 Å². The Morgan fingerprint density at radius 3 is 2.92 bits per heavy atom. The molecule has 4 rings (SSSR count). The van der Waals surface area contributed by atoms with Crippen molar-refractivity contribution in [3.05, 3.63) is 60.5 Å². The molecular formula is C19H21N5O. The van der Waals surface area contributed by atoms with Crippen molar-refractivity contribution in [2.45, 2.75) is 25.4 Å². The number of hydrogen-bond acceptors (Lipinski definition) is 6. The molecule has 0 unspecified atom stereocenters. The molecule has 0 spiro atoms. The summed E-state index contributed by atoms with van der Waals surface area (Å²) >= 11 is 0. The van der Waals surface area contributed by atoms with Crippen molar-refractivity contribution >= 4 is 5.82 Å². The van der Waals surface area contributed by atoms with Crippen LogP contribution in [0, 0.1) is 0 Å². The number of nitrogens with one attached hydrogen (secondary N) is 1. The van der Waals surface area contributed by atoms with E-state index in [0.29, 0.717) is 12.6 Å². The molecule has 1 aliphatic rings. The van der Waals surface area contributed by atoms with Crippen LogP contribution in [0.3, 0.4) is 0 Å². The van der Waals surface area contributed by atoms with Crippen molar-refractivity contribution in [3.63, 3.8) is 0 Å². The smallest absolute Gasteiger partial charge is 0.151 e. The van der Waals surface area contributed by atoms with Gasteiger partial charge in [0.15, 0.2) is 11.6 Å². The van der Waals surface area contributed by atoms with E-state index in [4.69, 9.17) is 4.52 Å². The zero-order valence-electron chi connectivity index (χ0n) is 14.0. The molecule has 1 saturated heterocycles. The molecule has 1 fully saturated rings. The molecule has 1 aliphatic heterocycles. The summed E-state index contributed by atoms with van der Waals surface area (Å²) in [6, 6.07) is 16.4.